The number of para-hydroxylation sites is 1. The van der Waals surface area contributed by atoms with Crippen LogP contribution in [0.1, 0.15) is 11.7 Å². The summed E-state index contributed by atoms with van der Waals surface area (Å²) >= 11 is 0. The quantitative estimate of drug-likeness (QED) is 0.817. The maximum Gasteiger partial charge on any atom is 0.243 e. The second-order valence-electron chi connectivity index (χ2n) is 4.28. The third-order valence-corrected chi connectivity index (χ3v) is 2.84. The fourth-order valence-corrected chi connectivity index (χ4v) is 1.82. The molecule has 0 fully saturated rings. The Morgan fingerprint density at radius 1 is 1.10 bits per heavy atom. The Labute approximate surface area is 118 Å². The van der Waals surface area contributed by atoms with Gasteiger partial charge in [-0.05, 0) is 23.8 Å². The maximum atomic E-state index is 11.3. The molecule has 20 heavy (non-hydrogen) atoms. The van der Waals surface area contributed by atoms with Gasteiger partial charge >= 0.3 is 0 Å². The van der Waals surface area contributed by atoms with Crippen molar-refractivity contribution in [3.05, 3.63) is 78.9 Å². The van der Waals surface area contributed by atoms with E-state index in [0.717, 1.165) is 11.3 Å². The fourth-order valence-electron chi connectivity index (χ4n) is 1.82. The smallest absolute Gasteiger partial charge is 0.243 e. The summed E-state index contributed by atoms with van der Waals surface area (Å²) < 4.78 is 5.95. The van der Waals surface area contributed by atoms with Crippen molar-refractivity contribution < 1.29 is 9.53 Å². The van der Waals surface area contributed by atoms with Crippen molar-refractivity contribution in [1.29, 1.82) is 0 Å². The van der Waals surface area contributed by atoms with Crippen molar-refractivity contribution in [3.8, 4) is 5.75 Å². The number of carbonyl (C=O) groups excluding carboxylic acids is 1. The molecule has 2 aromatic rings. The summed E-state index contributed by atoms with van der Waals surface area (Å²) in [7, 11) is 0. The largest absolute Gasteiger partial charge is 0.484 e. The zero-order valence-electron chi connectivity index (χ0n) is 11.2. The fraction of sp³-hybridized carbons (Fsp3) is 0.118. The number of rotatable bonds is 6. The molecule has 0 saturated heterocycles. The van der Waals surface area contributed by atoms with E-state index >= 15 is 0 Å². The van der Waals surface area contributed by atoms with E-state index in [1.807, 2.05) is 60.7 Å². The molecular formula is C17H17NO2. The third-order valence-electron chi connectivity index (χ3n) is 2.84. The van der Waals surface area contributed by atoms with E-state index in [4.69, 9.17) is 4.74 Å². The summed E-state index contributed by atoms with van der Waals surface area (Å²) in [4.78, 5) is 11.3. The van der Waals surface area contributed by atoms with Crippen LogP contribution < -0.4 is 10.1 Å². The zero-order chi connectivity index (χ0) is 14.2. The number of nitrogens with one attached hydrogen (secondary N) is 1. The van der Waals surface area contributed by atoms with Crippen LogP contribution in [0.3, 0.4) is 0 Å². The highest BCUT2D eigenvalue weighted by atomic mass is 16.5. The first-order valence-corrected chi connectivity index (χ1v) is 6.46. The molecule has 1 unspecified atom stereocenters. The van der Waals surface area contributed by atoms with Gasteiger partial charge in [-0.2, -0.15) is 0 Å². The first-order chi connectivity index (χ1) is 9.79. The molecule has 3 heteroatoms. The van der Waals surface area contributed by atoms with E-state index in [0.29, 0.717) is 6.54 Å². The Kier molecular flexibility index (Phi) is 4.95. The highest BCUT2D eigenvalue weighted by Gasteiger charge is 2.13. The van der Waals surface area contributed by atoms with Crippen molar-refractivity contribution in [1.82, 2.24) is 5.32 Å². The molecule has 0 aliphatic heterocycles. The lowest BCUT2D eigenvalue weighted by Gasteiger charge is -2.19. The first-order valence-electron chi connectivity index (χ1n) is 6.46. The molecule has 0 aliphatic carbocycles. The topological polar surface area (TPSA) is 38.3 Å². The number of ether oxygens (including phenoxy) is 1. The van der Waals surface area contributed by atoms with Crippen LogP contribution in [-0.4, -0.2) is 12.5 Å². The van der Waals surface area contributed by atoms with Gasteiger partial charge in [-0.25, -0.2) is 0 Å². The van der Waals surface area contributed by atoms with Crippen molar-refractivity contribution >= 4 is 5.91 Å². The summed E-state index contributed by atoms with van der Waals surface area (Å²) in [6.45, 7) is 3.84. The molecule has 0 aliphatic rings. The van der Waals surface area contributed by atoms with Crippen molar-refractivity contribution in [2.75, 3.05) is 6.54 Å². The maximum absolute atomic E-state index is 11.3. The minimum atomic E-state index is -0.234. The van der Waals surface area contributed by atoms with Crippen LogP contribution >= 0.6 is 0 Å². The molecule has 0 saturated carbocycles. The Morgan fingerprint density at radius 3 is 2.30 bits per heavy atom. The van der Waals surface area contributed by atoms with E-state index in [2.05, 4.69) is 11.9 Å². The molecule has 0 aromatic heterocycles. The monoisotopic (exact) mass is 267 g/mol. The van der Waals surface area contributed by atoms with Gasteiger partial charge < -0.3 is 10.1 Å². The second kappa shape index (κ2) is 7.14. The average Bonchev–Trinajstić information content (AvgIpc) is 2.53. The Hall–Kier alpha value is -2.55. The summed E-state index contributed by atoms with van der Waals surface area (Å²) in [6, 6.07) is 19.4. The molecule has 0 bridgehead atoms. The van der Waals surface area contributed by atoms with Crippen molar-refractivity contribution in [2.24, 2.45) is 0 Å². The van der Waals surface area contributed by atoms with Gasteiger partial charge in [0.1, 0.15) is 11.9 Å². The van der Waals surface area contributed by atoms with Gasteiger partial charge in [0.15, 0.2) is 0 Å². The third kappa shape index (κ3) is 3.99. The molecular weight excluding hydrogens is 250 g/mol. The summed E-state index contributed by atoms with van der Waals surface area (Å²) in [5.41, 5.74) is 1.01. The van der Waals surface area contributed by atoms with Gasteiger partial charge in [-0.1, -0.05) is 55.1 Å². The summed E-state index contributed by atoms with van der Waals surface area (Å²) in [5, 5.41) is 2.77. The van der Waals surface area contributed by atoms with E-state index in [9.17, 15) is 4.79 Å². The van der Waals surface area contributed by atoms with Gasteiger partial charge in [0.25, 0.3) is 0 Å². The normalized spacial score (nSPS) is 11.4. The first kappa shape index (κ1) is 13.9. The van der Waals surface area contributed by atoms with Gasteiger partial charge in [0.2, 0.25) is 5.91 Å². The predicted molar refractivity (Wildman–Crippen MR) is 79.5 cm³/mol. The van der Waals surface area contributed by atoms with Crippen LogP contribution in [0.5, 0.6) is 5.75 Å². The number of hydrogen-bond donors (Lipinski definition) is 1. The molecule has 1 N–H and O–H groups in total. The molecule has 0 radical (unpaired) electrons. The van der Waals surface area contributed by atoms with Crippen LogP contribution in [0.15, 0.2) is 73.3 Å². The van der Waals surface area contributed by atoms with Crippen molar-refractivity contribution in [2.45, 2.75) is 6.10 Å². The van der Waals surface area contributed by atoms with Gasteiger partial charge in [0.05, 0.1) is 6.54 Å². The van der Waals surface area contributed by atoms with Crippen LogP contribution in [0.2, 0.25) is 0 Å². The van der Waals surface area contributed by atoms with E-state index in [1.54, 1.807) is 0 Å². The minimum Gasteiger partial charge on any atom is -0.484 e. The highest BCUT2D eigenvalue weighted by molar-refractivity contribution is 5.86. The molecule has 3 nitrogen and oxygen atoms in total. The van der Waals surface area contributed by atoms with E-state index < -0.39 is 0 Å². The SMILES string of the molecule is C=CC(=O)NCC(Oc1ccccc1)c1ccccc1. The van der Waals surface area contributed by atoms with Crippen LogP contribution in [0.4, 0.5) is 0 Å². The Morgan fingerprint density at radius 2 is 1.70 bits per heavy atom. The number of hydrogen-bond acceptors (Lipinski definition) is 2. The summed E-state index contributed by atoms with van der Waals surface area (Å²) in [6.07, 6.45) is 1.02. The second-order valence-corrected chi connectivity index (χ2v) is 4.28. The molecule has 102 valence electrons. The minimum absolute atomic E-state index is 0.206. The standard InChI is InChI=1S/C17H17NO2/c1-2-17(19)18-13-16(14-9-5-3-6-10-14)20-15-11-7-4-8-12-15/h2-12,16H,1,13H2,(H,18,19). The average molecular weight is 267 g/mol. The van der Waals surface area contributed by atoms with E-state index in [1.165, 1.54) is 6.08 Å². The summed E-state index contributed by atoms with van der Waals surface area (Å²) in [5.74, 6) is 0.566. The van der Waals surface area contributed by atoms with Crippen LogP contribution in [0, 0.1) is 0 Å². The molecule has 0 heterocycles. The lowest BCUT2D eigenvalue weighted by Crippen LogP contribution is -2.29. The number of carbonyl (C=O) groups is 1. The molecule has 1 amide bonds. The zero-order valence-corrected chi connectivity index (χ0v) is 11.2. The van der Waals surface area contributed by atoms with Gasteiger partial charge in [0, 0.05) is 0 Å². The lowest BCUT2D eigenvalue weighted by molar-refractivity contribution is -0.116. The Bertz CT molecular complexity index is 552. The van der Waals surface area contributed by atoms with Crippen LogP contribution in [0.25, 0.3) is 0 Å². The highest BCUT2D eigenvalue weighted by Crippen LogP contribution is 2.21. The van der Waals surface area contributed by atoms with Crippen LogP contribution in [-0.2, 0) is 4.79 Å². The molecule has 2 aromatic carbocycles. The number of benzene rings is 2. The van der Waals surface area contributed by atoms with Gasteiger partial charge in [-0.3, -0.25) is 4.79 Å². The Balaban J connectivity index is 2.12. The molecule has 2 rings (SSSR count). The van der Waals surface area contributed by atoms with Crippen molar-refractivity contribution in [3.63, 3.8) is 0 Å². The van der Waals surface area contributed by atoms with E-state index in [-0.39, 0.29) is 12.0 Å². The number of amides is 1. The predicted octanol–water partition coefficient (Wildman–Crippen LogP) is 3.11. The van der Waals surface area contributed by atoms with Gasteiger partial charge in [-0.15, -0.1) is 0 Å². The molecule has 0 spiro atoms. The lowest BCUT2D eigenvalue weighted by atomic mass is 10.1. The molecule has 1 atom stereocenters.